The molecule has 1 saturated carbocycles. The minimum absolute atomic E-state index is 0.0170. The molecular formula is C20H36N2O5. The smallest absolute Gasteiger partial charge is 0.407 e. The summed E-state index contributed by atoms with van der Waals surface area (Å²) in [5.41, 5.74) is -0.0695. The maximum atomic E-state index is 12.1. The van der Waals surface area contributed by atoms with Gasteiger partial charge in [0.25, 0.3) is 6.26 Å². The Balaban J connectivity index is 2.24. The van der Waals surface area contributed by atoms with Gasteiger partial charge in [0.15, 0.2) is 0 Å². The number of nitrogens with one attached hydrogen (secondary N) is 1. The van der Waals surface area contributed by atoms with Crippen molar-refractivity contribution in [3.8, 4) is 6.26 Å². The molecule has 7 heteroatoms. The zero-order chi connectivity index (χ0) is 20.2. The third kappa shape index (κ3) is 10.4. The molecule has 0 bridgehead atoms. The minimum Gasteiger partial charge on any atom is -0.450 e. The molecule has 0 radical (unpaired) electrons. The molecule has 0 aromatic rings. The summed E-state index contributed by atoms with van der Waals surface area (Å²) in [6.45, 7) is 8.71. The number of aliphatic hydroxyl groups is 1. The molecule has 1 aliphatic rings. The third-order valence-electron chi connectivity index (χ3n) is 4.86. The molecule has 2 unspecified atom stereocenters. The number of hydrogen-bond acceptors (Lipinski definition) is 6. The van der Waals surface area contributed by atoms with Crippen molar-refractivity contribution >= 4 is 6.09 Å². The molecule has 1 fully saturated rings. The van der Waals surface area contributed by atoms with Crippen LogP contribution in [-0.4, -0.2) is 50.3 Å². The molecule has 0 aromatic heterocycles. The van der Waals surface area contributed by atoms with Gasteiger partial charge in [0, 0.05) is 31.3 Å². The topological polar surface area (TPSA) is 101 Å². The second kappa shape index (κ2) is 12.0. The molecule has 27 heavy (non-hydrogen) atoms. The first-order chi connectivity index (χ1) is 12.8. The lowest BCUT2D eigenvalue weighted by Gasteiger charge is -2.45. The van der Waals surface area contributed by atoms with Crippen molar-refractivity contribution in [2.24, 2.45) is 10.8 Å². The highest BCUT2D eigenvalue weighted by Crippen LogP contribution is 2.46. The van der Waals surface area contributed by atoms with Gasteiger partial charge in [0.1, 0.15) is 6.61 Å². The zero-order valence-electron chi connectivity index (χ0n) is 17.1. The van der Waals surface area contributed by atoms with Gasteiger partial charge in [-0.15, -0.1) is 0 Å². The summed E-state index contributed by atoms with van der Waals surface area (Å²) in [7, 11) is 0. The van der Waals surface area contributed by atoms with Gasteiger partial charge in [-0.3, -0.25) is 0 Å². The van der Waals surface area contributed by atoms with Crippen molar-refractivity contribution < 1.29 is 24.1 Å². The number of unbranched alkanes of at least 4 members (excludes halogenated alkanes) is 2. The van der Waals surface area contributed by atoms with Crippen molar-refractivity contribution in [2.75, 3.05) is 33.0 Å². The monoisotopic (exact) mass is 384 g/mol. The van der Waals surface area contributed by atoms with Crippen LogP contribution in [0.5, 0.6) is 0 Å². The minimum atomic E-state index is -0.384. The van der Waals surface area contributed by atoms with E-state index in [1.54, 1.807) is 6.26 Å². The highest BCUT2D eigenvalue weighted by Gasteiger charge is 2.42. The maximum Gasteiger partial charge on any atom is 0.407 e. The van der Waals surface area contributed by atoms with Crippen LogP contribution in [0.2, 0.25) is 0 Å². The second-order valence-corrected chi connectivity index (χ2v) is 8.67. The Morgan fingerprint density at radius 2 is 1.81 bits per heavy atom. The van der Waals surface area contributed by atoms with E-state index in [4.69, 9.17) is 24.6 Å². The Bertz CT molecular complexity index is 477. The van der Waals surface area contributed by atoms with E-state index in [1.807, 2.05) is 0 Å². The molecule has 0 heterocycles. The van der Waals surface area contributed by atoms with Crippen LogP contribution in [0, 0.1) is 22.3 Å². The highest BCUT2D eigenvalue weighted by atomic mass is 16.5. The summed E-state index contributed by atoms with van der Waals surface area (Å²) in [5, 5.41) is 20.3. The Hall–Kier alpha value is -1.52. The Labute approximate surface area is 163 Å². The van der Waals surface area contributed by atoms with Crippen LogP contribution in [0.25, 0.3) is 0 Å². The first-order valence-electron chi connectivity index (χ1n) is 9.93. The van der Waals surface area contributed by atoms with Gasteiger partial charge < -0.3 is 24.6 Å². The summed E-state index contributed by atoms with van der Waals surface area (Å²) in [5.74, 6) is 0. The van der Waals surface area contributed by atoms with E-state index in [1.165, 1.54) is 0 Å². The Kier molecular flexibility index (Phi) is 10.5. The second-order valence-electron chi connectivity index (χ2n) is 8.67. The predicted molar refractivity (Wildman–Crippen MR) is 102 cm³/mol. The lowest BCUT2D eigenvalue weighted by atomic mass is 9.63. The Morgan fingerprint density at radius 1 is 1.15 bits per heavy atom. The van der Waals surface area contributed by atoms with Crippen molar-refractivity contribution in [2.45, 2.75) is 71.8 Å². The van der Waals surface area contributed by atoms with Gasteiger partial charge in [0.2, 0.25) is 0 Å². The van der Waals surface area contributed by atoms with Gasteiger partial charge in [-0.1, -0.05) is 20.8 Å². The molecule has 0 aromatic carbocycles. The molecule has 0 saturated heterocycles. The molecule has 2 N–H and O–H groups in total. The average molecular weight is 385 g/mol. The molecule has 1 amide bonds. The molecule has 1 rings (SSSR count). The molecule has 2 atom stereocenters. The van der Waals surface area contributed by atoms with E-state index in [-0.39, 0.29) is 29.6 Å². The molecular weight excluding hydrogens is 348 g/mol. The van der Waals surface area contributed by atoms with Crippen LogP contribution in [0.4, 0.5) is 4.79 Å². The van der Waals surface area contributed by atoms with Gasteiger partial charge in [-0.05, 0) is 50.4 Å². The lowest BCUT2D eigenvalue weighted by molar-refractivity contribution is 0.0195. The number of nitriles is 1. The first kappa shape index (κ1) is 23.5. The molecule has 0 aliphatic heterocycles. The number of carbonyl (C=O) groups excluding carboxylic acids is 1. The number of rotatable bonds is 12. The molecule has 0 spiro atoms. The van der Waals surface area contributed by atoms with Gasteiger partial charge >= 0.3 is 6.09 Å². The average Bonchev–Trinajstić information content (AvgIpc) is 2.56. The van der Waals surface area contributed by atoms with Gasteiger partial charge in [-0.25, -0.2) is 4.79 Å². The molecule has 156 valence electrons. The standard InChI is InChI=1S/C20H36N2O5/c1-19(2)12-17(13-20(3,14-19)15-26-16-21)22-18(24)27-11-7-6-10-25-9-5-4-8-23/h17,23H,4-15H2,1-3H3,(H,22,24). The summed E-state index contributed by atoms with van der Waals surface area (Å²) < 4.78 is 15.7. The van der Waals surface area contributed by atoms with Crippen molar-refractivity contribution in [3.63, 3.8) is 0 Å². The fourth-order valence-electron chi connectivity index (χ4n) is 4.15. The third-order valence-corrected chi connectivity index (χ3v) is 4.86. The van der Waals surface area contributed by atoms with Crippen LogP contribution in [-0.2, 0) is 14.2 Å². The van der Waals surface area contributed by atoms with Gasteiger partial charge in [0.05, 0.1) is 6.61 Å². The highest BCUT2D eigenvalue weighted by molar-refractivity contribution is 5.67. The van der Waals surface area contributed by atoms with E-state index >= 15 is 0 Å². The van der Waals surface area contributed by atoms with Gasteiger partial charge in [-0.2, -0.15) is 5.26 Å². The predicted octanol–water partition coefficient (Wildman–Crippen LogP) is 3.36. The zero-order valence-corrected chi connectivity index (χ0v) is 17.1. The summed E-state index contributed by atoms with van der Waals surface area (Å²) in [6, 6.07) is 0.0170. The van der Waals surface area contributed by atoms with E-state index in [0.717, 1.165) is 44.9 Å². The molecule has 7 nitrogen and oxygen atoms in total. The SMILES string of the molecule is CC1(C)CC(NC(=O)OCCCCOCCCCO)CC(C)(COC#N)C1. The normalized spacial score (nSPS) is 24.0. The number of carbonyl (C=O) groups is 1. The van der Waals surface area contributed by atoms with Crippen molar-refractivity contribution in [3.05, 3.63) is 0 Å². The number of ether oxygens (including phenoxy) is 3. The number of amides is 1. The van der Waals surface area contributed by atoms with Crippen LogP contribution in [0.15, 0.2) is 0 Å². The number of aliphatic hydroxyl groups excluding tert-OH is 1. The molecule has 1 aliphatic carbocycles. The van der Waals surface area contributed by atoms with E-state index in [2.05, 4.69) is 26.1 Å². The summed E-state index contributed by atoms with van der Waals surface area (Å²) >= 11 is 0. The number of nitrogens with zero attached hydrogens (tertiary/aromatic N) is 1. The first-order valence-corrected chi connectivity index (χ1v) is 9.93. The van der Waals surface area contributed by atoms with Crippen LogP contribution in [0.1, 0.15) is 65.7 Å². The number of hydrogen-bond donors (Lipinski definition) is 2. The fourth-order valence-corrected chi connectivity index (χ4v) is 4.15. The largest absolute Gasteiger partial charge is 0.450 e. The lowest BCUT2D eigenvalue weighted by Crippen LogP contribution is -2.48. The van der Waals surface area contributed by atoms with Crippen LogP contribution >= 0.6 is 0 Å². The van der Waals surface area contributed by atoms with E-state index < -0.39 is 0 Å². The van der Waals surface area contributed by atoms with E-state index in [9.17, 15) is 4.79 Å². The van der Waals surface area contributed by atoms with Crippen molar-refractivity contribution in [1.82, 2.24) is 5.32 Å². The fraction of sp³-hybridized carbons (Fsp3) is 0.900. The van der Waals surface area contributed by atoms with Crippen molar-refractivity contribution in [1.29, 1.82) is 5.26 Å². The Morgan fingerprint density at radius 3 is 2.48 bits per heavy atom. The van der Waals surface area contributed by atoms with Crippen LogP contribution in [0.3, 0.4) is 0 Å². The quantitative estimate of drug-likeness (QED) is 0.395. The van der Waals surface area contributed by atoms with Crippen LogP contribution < -0.4 is 5.32 Å². The maximum absolute atomic E-state index is 12.1. The van der Waals surface area contributed by atoms with E-state index in [0.29, 0.717) is 26.4 Å². The summed E-state index contributed by atoms with van der Waals surface area (Å²) in [4.78, 5) is 12.1. The summed E-state index contributed by atoms with van der Waals surface area (Å²) in [6.07, 6.45) is 7.20. The number of alkyl carbamates (subject to hydrolysis) is 1.